The number of nitriles is 1. The molecule has 26 heavy (non-hydrogen) atoms. The lowest BCUT2D eigenvalue weighted by atomic mass is 10.1. The molecule has 0 spiro atoms. The van der Waals surface area contributed by atoms with Gasteiger partial charge in [-0.15, -0.1) is 0 Å². The zero-order chi connectivity index (χ0) is 18.1. The number of rotatable bonds is 3. The second-order valence-electron chi connectivity index (χ2n) is 7.43. The van der Waals surface area contributed by atoms with Crippen LogP contribution in [0.15, 0.2) is 30.5 Å². The maximum Gasteiger partial charge on any atom is 0.101 e. The van der Waals surface area contributed by atoms with E-state index in [9.17, 15) is 5.26 Å². The standard InChI is InChI=1S/C20H25N5O/c1-14-10-25(13-17(26-14)12-24-8-6-16(22)11-24)19-5-4-15(9-21)20-18(19)3-2-7-23-20/h2-5,7,14,16-17H,6,8,10-13,22H2,1H3/t14-,16?,17+/m1/s1. The highest BCUT2D eigenvalue weighted by molar-refractivity contribution is 5.95. The summed E-state index contributed by atoms with van der Waals surface area (Å²) >= 11 is 0. The van der Waals surface area contributed by atoms with Crippen LogP contribution < -0.4 is 10.6 Å². The lowest BCUT2D eigenvalue weighted by Crippen LogP contribution is -2.50. The molecule has 6 heteroatoms. The molecule has 1 unspecified atom stereocenters. The van der Waals surface area contributed by atoms with E-state index in [0.717, 1.165) is 55.7 Å². The number of nitrogens with zero attached hydrogens (tertiary/aromatic N) is 4. The predicted octanol–water partition coefficient (Wildman–Crippen LogP) is 1.73. The Morgan fingerprint density at radius 2 is 2.19 bits per heavy atom. The van der Waals surface area contributed by atoms with Gasteiger partial charge in [0, 0.05) is 49.5 Å². The number of benzene rings is 1. The molecule has 0 radical (unpaired) electrons. The third kappa shape index (κ3) is 3.38. The molecule has 2 N–H and O–H groups in total. The van der Waals surface area contributed by atoms with Crippen molar-refractivity contribution >= 4 is 16.6 Å². The van der Waals surface area contributed by atoms with Crippen molar-refractivity contribution in [1.82, 2.24) is 9.88 Å². The monoisotopic (exact) mass is 351 g/mol. The maximum absolute atomic E-state index is 9.36. The average molecular weight is 351 g/mol. The maximum atomic E-state index is 9.36. The highest BCUT2D eigenvalue weighted by Crippen LogP contribution is 2.30. The number of morpholine rings is 1. The van der Waals surface area contributed by atoms with Gasteiger partial charge in [0.15, 0.2) is 0 Å². The fraction of sp³-hybridized carbons (Fsp3) is 0.500. The van der Waals surface area contributed by atoms with Crippen LogP contribution in [0.2, 0.25) is 0 Å². The number of hydrogen-bond acceptors (Lipinski definition) is 6. The fourth-order valence-electron chi connectivity index (χ4n) is 4.18. The Labute approximate surface area is 154 Å². The molecule has 3 heterocycles. The van der Waals surface area contributed by atoms with Gasteiger partial charge in [-0.2, -0.15) is 5.26 Å². The Bertz CT molecular complexity index is 833. The summed E-state index contributed by atoms with van der Waals surface area (Å²) in [6, 6.07) is 10.4. The van der Waals surface area contributed by atoms with Gasteiger partial charge in [-0.1, -0.05) is 0 Å². The van der Waals surface area contributed by atoms with Crippen LogP contribution in [-0.4, -0.2) is 60.9 Å². The molecular formula is C20H25N5O. The van der Waals surface area contributed by atoms with Gasteiger partial charge >= 0.3 is 0 Å². The van der Waals surface area contributed by atoms with E-state index >= 15 is 0 Å². The van der Waals surface area contributed by atoms with Gasteiger partial charge in [-0.3, -0.25) is 9.88 Å². The minimum absolute atomic E-state index is 0.159. The Balaban J connectivity index is 1.59. The van der Waals surface area contributed by atoms with Crippen LogP contribution >= 0.6 is 0 Å². The van der Waals surface area contributed by atoms with Crippen LogP contribution in [0.4, 0.5) is 5.69 Å². The summed E-state index contributed by atoms with van der Waals surface area (Å²) in [5.74, 6) is 0. The molecule has 3 atom stereocenters. The highest BCUT2D eigenvalue weighted by atomic mass is 16.5. The molecule has 0 aliphatic carbocycles. The normalized spacial score (nSPS) is 27.0. The third-order valence-electron chi connectivity index (χ3n) is 5.30. The van der Waals surface area contributed by atoms with Crippen LogP contribution in [0, 0.1) is 11.3 Å². The first kappa shape index (κ1) is 17.2. The SMILES string of the molecule is C[C@@H]1CN(c2ccc(C#N)c3ncccc23)C[C@H](CN2CCC(N)C2)O1. The van der Waals surface area contributed by atoms with Gasteiger partial charge in [0.05, 0.1) is 23.3 Å². The highest BCUT2D eigenvalue weighted by Gasteiger charge is 2.30. The van der Waals surface area contributed by atoms with Gasteiger partial charge in [0.2, 0.25) is 0 Å². The van der Waals surface area contributed by atoms with E-state index in [1.807, 2.05) is 24.3 Å². The lowest BCUT2D eigenvalue weighted by Gasteiger charge is -2.40. The van der Waals surface area contributed by atoms with Crippen LogP contribution in [0.5, 0.6) is 0 Å². The van der Waals surface area contributed by atoms with E-state index in [-0.39, 0.29) is 12.2 Å². The van der Waals surface area contributed by atoms with E-state index in [1.165, 1.54) is 0 Å². The summed E-state index contributed by atoms with van der Waals surface area (Å²) in [4.78, 5) is 9.22. The van der Waals surface area contributed by atoms with E-state index in [4.69, 9.17) is 10.5 Å². The van der Waals surface area contributed by atoms with Crippen molar-refractivity contribution in [1.29, 1.82) is 5.26 Å². The Morgan fingerprint density at radius 1 is 1.31 bits per heavy atom. The molecule has 2 fully saturated rings. The fourth-order valence-corrected chi connectivity index (χ4v) is 4.18. The molecule has 1 aromatic carbocycles. The molecule has 2 aromatic rings. The minimum Gasteiger partial charge on any atom is -0.370 e. The van der Waals surface area contributed by atoms with E-state index in [1.54, 1.807) is 6.20 Å². The van der Waals surface area contributed by atoms with Crippen LogP contribution in [0.3, 0.4) is 0 Å². The van der Waals surface area contributed by atoms with Crippen molar-refractivity contribution < 1.29 is 4.74 Å². The largest absolute Gasteiger partial charge is 0.370 e. The summed E-state index contributed by atoms with van der Waals surface area (Å²) in [5.41, 5.74) is 8.56. The summed E-state index contributed by atoms with van der Waals surface area (Å²) in [7, 11) is 0. The Hall–Kier alpha value is -2.20. The molecule has 6 nitrogen and oxygen atoms in total. The minimum atomic E-state index is 0.159. The molecule has 136 valence electrons. The first-order valence-electron chi connectivity index (χ1n) is 9.30. The van der Waals surface area contributed by atoms with E-state index in [0.29, 0.717) is 11.6 Å². The van der Waals surface area contributed by atoms with Crippen molar-refractivity contribution in [3.8, 4) is 6.07 Å². The van der Waals surface area contributed by atoms with Crippen LogP contribution in [-0.2, 0) is 4.74 Å². The van der Waals surface area contributed by atoms with Gasteiger partial charge in [-0.25, -0.2) is 0 Å². The number of nitrogens with two attached hydrogens (primary N) is 1. The molecule has 2 aliphatic heterocycles. The molecule has 0 saturated carbocycles. The quantitative estimate of drug-likeness (QED) is 0.907. The van der Waals surface area contributed by atoms with Gasteiger partial charge in [0.25, 0.3) is 0 Å². The van der Waals surface area contributed by atoms with E-state index in [2.05, 4.69) is 27.8 Å². The number of aromatic nitrogens is 1. The molecule has 0 bridgehead atoms. The van der Waals surface area contributed by atoms with Crippen molar-refractivity contribution in [3.63, 3.8) is 0 Å². The number of ether oxygens (including phenoxy) is 1. The number of hydrogen-bond donors (Lipinski definition) is 1. The predicted molar refractivity (Wildman–Crippen MR) is 102 cm³/mol. The van der Waals surface area contributed by atoms with Crippen molar-refractivity contribution in [2.24, 2.45) is 5.73 Å². The van der Waals surface area contributed by atoms with Crippen molar-refractivity contribution in [2.45, 2.75) is 31.6 Å². The summed E-state index contributed by atoms with van der Waals surface area (Å²) in [6.45, 7) is 6.73. The van der Waals surface area contributed by atoms with Gasteiger partial charge < -0.3 is 15.4 Å². The molecule has 2 aliphatic rings. The summed E-state index contributed by atoms with van der Waals surface area (Å²) < 4.78 is 6.20. The van der Waals surface area contributed by atoms with Gasteiger partial charge in [-0.05, 0) is 44.2 Å². The topological polar surface area (TPSA) is 78.4 Å². The van der Waals surface area contributed by atoms with Crippen LogP contribution in [0.25, 0.3) is 10.9 Å². The number of anilines is 1. The average Bonchev–Trinajstić information content (AvgIpc) is 3.05. The lowest BCUT2D eigenvalue weighted by molar-refractivity contribution is -0.0294. The molecule has 0 amide bonds. The molecule has 2 saturated heterocycles. The van der Waals surface area contributed by atoms with Crippen molar-refractivity contribution in [2.75, 3.05) is 37.6 Å². The number of fused-ring (bicyclic) bond motifs is 1. The zero-order valence-corrected chi connectivity index (χ0v) is 15.1. The van der Waals surface area contributed by atoms with E-state index < -0.39 is 0 Å². The second kappa shape index (κ2) is 7.20. The third-order valence-corrected chi connectivity index (χ3v) is 5.30. The summed E-state index contributed by atoms with van der Waals surface area (Å²) in [6.07, 6.45) is 3.13. The van der Waals surface area contributed by atoms with Crippen LogP contribution in [0.1, 0.15) is 18.9 Å². The van der Waals surface area contributed by atoms with Crippen molar-refractivity contribution in [3.05, 3.63) is 36.0 Å². The van der Waals surface area contributed by atoms with Gasteiger partial charge in [0.1, 0.15) is 6.07 Å². The smallest absolute Gasteiger partial charge is 0.101 e. The zero-order valence-electron chi connectivity index (χ0n) is 15.1. The first-order valence-corrected chi connectivity index (χ1v) is 9.30. The first-order chi connectivity index (χ1) is 12.6. The Morgan fingerprint density at radius 3 is 2.96 bits per heavy atom. The Kier molecular flexibility index (Phi) is 4.77. The second-order valence-corrected chi connectivity index (χ2v) is 7.43. The number of likely N-dealkylation sites (tertiary alicyclic amines) is 1. The number of pyridine rings is 1. The molecule has 4 rings (SSSR count). The molecular weight excluding hydrogens is 326 g/mol. The summed E-state index contributed by atoms with van der Waals surface area (Å²) in [5, 5.41) is 10.4. The molecule has 1 aromatic heterocycles.